The van der Waals surface area contributed by atoms with Gasteiger partial charge in [0, 0.05) is 86.1 Å². The lowest BCUT2D eigenvalue weighted by Gasteiger charge is -2.46. The van der Waals surface area contributed by atoms with Gasteiger partial charge in [0.1, 0.15) is 0 Å². The third-order valence-corrected chi connectivity index (χ3v) is 22.0. The van der Waals surface area contributed by atoms with Crippen molar-refractivity contribution in [3.05, 3.63) is 305 Å². The third-order valence-electron chi connectivity index (χ3n) is 22.0. The number of fused-ring (bicyclic) bond motifs is 10. The van der Waals surface area contributed by atoms with Gasteiger partial charge in [0.2, 0.25) is 0 Å². The van der Waals surface area contributed by atoms with E-state index in [4.69, 9.17) is 0 Å². The summed E-state index contributed by atoms with van der Waals surface area (Å²) in [5, 5.41) is -0.665. The topological polar surface area (TPSA) is 16.3 Å². The van der Waals surface area contributed by atoms with Gasteiger partial charge in [-0.1, -0.05) is 327 Å². The van der Waals surface area contributed by atoms with E-state index in [0.29, 0.717) is 106 Å². The predicted octanol–water partition coefficient (Wildman–Crippen LogP) is 28.6. The molecule has 0 bridgehead atoms. The molecule has 0 fully saturated rings. The second-order valence-corrected chi connectivity index (χ2v) is 38.4. The van der Waals surface area contributed by atoms with Crippen molar-refractivity contribution in [1.82, 2.24) is 9.13 Å². The van der Waals surface area contributed by atoms with Crippen LogP contribution < -0.4 is 26.2 Å². The number of hydrogen-bond acceptors (Lipinski definition) is 2. The number of para-hydroxylation sites is 4. The zero-order valence-electron chi connectivity index (χ0n) is 91.5. The van der Waals surface area contributed by atoms with Gasteiger partial charge in [0.25, 0.3) is 6.71 Å². The first-order valence-corrected chi connectivity index (χ1v) is 39.8. The summed E-state index contributed by atoms with van der Waals surface area (Å²) in [4.78, 5) is 4.23. The van der Waals surface area contributed by atoms with Gasteiger partial charge in [0.05, 0.1) is 55.4 Å². The smallest absolute Gasteiger partial charge is 0.252 e. The Hall–Kier alpha value is -10.9. The lowest BCUT2D eigenvalue weighted by Crippen LogP contribution is -2.61. The fourth-order valence-electron chi connectivity index (χ4n) is 16.8. The summed E-state index contributed by atoms with van der Waals surface area (Å²) >= 11 is 0. The van der Waals surface area contributed by atoms with Gasteiger partial charge in [-0.3, -0.25) is 0 Å². The molecule has 2 aliphatic heterocycles. The van der Waals surface area contributed by atoms with Crippen molar-refractivity contribution in [2.75, 3.05) is 9.80 Å². The Morgan fingerprint density at radius 2 is 0.553 bits per heavy atom. The Bertz CT molecular complexity index is 6910. The minimum absolute atomic E-state index is 0.145. The maximum absolute atomic E-state index is 11.2. The maximum atomic E-state index is 11.2. The highest BCUT2D eigenvalue weighted by Gasteiger charge is 2.47. The molecular weight excluding hydrogens is 1380 g/mol. The molecule has 0 aliphatic carbocycles. The highest BCUT2D eigenvalue weighted by atomic mass is 15.2. The largest absolute Gasteiger partial charge is 0.310 e. The van der Waals surface area contributed by atoms with Gasteiger partial charge in [-0.05, 0) is 219 Å². The van der Waals surface area contributed by atoms with Crippen LogP contribution in [0.2, 0.25) is 0 Å². The SMILES string of the molecule is [2H]c1c([2H])c([2H])c2c(c1[2H])c1c([2H])c([2H])c([2H])c([2H])c1n2-c1ccc2c(c1)N(c1c(-c3cccc(C(C)(C)C)c3)cc(C([2H])([2H])C(C)(C)C)cc1-c1cccc(C(C)(C)C)c1)c1cc(C([2H])([2H])C(C)(C)C)cc3c1B2c1ccc(-n2c4c([2H])c([2H])c([2H])c([2H])c4c4c([2H])c([2H])c([2H])c([2H])c42)cc1N3c1c(-c2cccc(C(C)(C)C)c2)cc(C([2H])([2H])C(C)(C)C)cc1-c1cccc(C(C)(C)C)c1. The number of aromatic nitrogens is 2. The highest BCUT2D eigenvalue weighted by molar-refractivity contribution is 7.00. The van der Waals surface area contributed by atoms with Gasteiger partial charge in [-0.2, -0.15) is 0 Å². The van der Waals surface area contributed by atoms with E-state index in [1.807, 2.05) is 172 Å². The third kappa shape index (κ3) is 13.9. The Morgan fingerprint density at radius 3 is 0.816 bits per heavy atom. The number of anilines is 6. The first-order chi connectivity index (χ1) is 62.9. The van der Waals surface area contributed by atoms with E-state index in [1.165, 1.54) is 9.13 Å². The van der Waals surface area contributed by atoms with Crippen molar-refractivity contribution in [2.24, 2.45) is 16.2 Å². The number of hydrogen-bond donors (Lipinski definition) is 0. The minimum atomic E-state index is -2.36. The zero-order valence-corrected chi connectivity index (χ0v) is 69.5. The Balaban J connectivity index is 1.18. The second-order valence-electron chi connectivity index (χ2n) is 38.4. The molecule has 5 heteroatoms. The number of rotatable bonds is 11. The van der Waals surface area contributed by atoms with Crippen LogP contribution in [0.1, 0.15) is 214 Å². The van der Waals surface area contributed by atoms with E-state index in [2.05, 4.69) is 141 Å². The highest BCUT2D eigenvalue weighted by Crippen LogP contribution is 2.56. The van der Waals surface area contributed by atoms with Gasteiger partial charge >= 0.3 is 0 Å². The molecule has 0 saturated carbocycles. The lowest BCUT2D eigenvalue weighted by atomic mass is 9.33. The summed E-state index contributed by atoms with van der Waals surface area (Å²) < 4.78 is 222. The minimum Gasteiger partial charge on any atom is -0.310 e. The Kier molecular flexibility index (Phi) is 13.0. The van der Waals surface area contributed by atoms with Crippen LogP contribution in [0, 0.1) is 16.2 Å². The average Bonchev–Trinajstić information content (AvgIpc) is 0.763. The molecule has 2 aliphatic rings. The van der Waals surface area contributed by atoms with Gasteiger partial charge in [-0.25, -0.2) is 0 Å². The molecule has 0 amide bonds. The fourth-order valence-corrected chi connectivity index (χ4v) is 16.8. The summed E-state index contributed by atoms with van der Waals surface area (Å²) in [7, 11) is 0. The van der Waals surface area contributed by atoms with Crippen LogP contribution in [0.3, 0.4) is 0 Å². The molecule has 4 nitrogen and oxygen atoms in total. The molecule has 0 atom stereocenters. The Morgan fingerprint density at radius 1 is 0.289 bits per heavy atom. The fraction of sp³-hybridized carbons (Fsp3) is 0.284. The molecule has 17 rings (SSSR count). The van der Waals surface area contributed by atoms with Crippen LogP contribution in [0.25, 0.3) is 99.5 Å². The van der Waals surface area contributed by atoms with Crippen molar-refractivity contribution >= 4 is 101 Å². The first kappa shape index (κ1) is 54.0. The van der Waals surface area contributed by atoms with Crippen LogP contribution in [-0.2, 0) is 40.8 Å². The van der Waals surface area contributed by atoms with Crippen LogP contribution in [0.4, 0.5) is 34.1 Å². The Labute approximate surface area is 710 Å². The van der Waals surface area contributed by atoms with Crippen molar-refractivity contribution in [2.45, 2.75) is 186 Å². The van der Waals surface area contributed by atoms with E-state index in [9.17, 15) is 30.2 Å². The second kappa shape index (κ2) is 27.4. The molecule has 0 unspecified atom stereocenters. The van der Waals surface area contributed by atoms with Crippen LogP contribution in [0.15, 0.2) is 267 Å². The standard InChI is InChI=1S/C109H113BN4/c1-103(2,3)66-69-54-86(72-34-30-38-76(60-72)106(10,11)12)101(87(55-69)73-35-31-39-77(61-73)107(13,14)15)113-96-64-80(111-92-46-26-22-42-82(92)83-43-23-27-47-93(83)111)50-52-90(96)110-91-53-51-81(112-94-48-28-24-44-84(94)85-45-25-29-49-95(85)112)65-97(91)114(99-59-71(68-105(7,8)9)58-98(113)100(99)110)102-88(74-36-32-40-78(62-74)108(16,17)18)56-70(67-104(4,5)6)57-89(102)75-37-33-41-79(63-75)109(19,20)21/h22-65H,66-68H2,1-21H3/i22D,23D,24D,25D,26D,27D,28D,29D,42D,43D,44D,45D,46D,47D,48D,49D,66D2,67D2,68D2. The summed E-state index contributed by atoms with van der Waals surface area (Å²) in [6.07, 6.45) is -6.57. The molecule has 4 heterocycles. The molecule has 0 N–H and O–H groups in total. The summed E-state index contributed by atoms with van der Waals surface area (Å²) in [5.41, 5.74) is 7.53. The summed E-state index contributed by atoms with van der Waals surface area (Å²) in [5.74, 6) is 0. The van der Waals surface area contributed by atoms with E-state index in [0.717, 1.165) is 22.3 Å². The van der Waals surface area contributed by atoms with E-state index in [1.54, 1.807) is 12.1 Å². The maximum Gasteiger partial charge on any atom is 0.252 e. The predicted molar refractivity (Wildman–Crippen MR) is 495 cm³/mol. The van der Waals surface area contributed by atoms with E-state index >= 15 is 0 Å². The van der Waals surface area contributed by atoms with Crippen LogP contribution >= 0.6 is 0 Å². The molecule has 15 aromatic rings. The first-order valence-electron chi connectivity index (χ1n) is 50.8. The van der Waals surface area contributed by atoms with Gasteiger partial charge < -0.3 is 18.9 Å². The zero-order chi connectivity index (χ0) is 99.6. The van der Waals surface area contributed by atoms with Crippen molar-refractivity contribution in [1.29, 1.82) is 0 Å². The average molecular weight is 1510 g/mol. The quantitative estimate of drug-likeness (QED) is 0.120. The summed E-state index contributed by atoms with van der Waals surface area (Å²) in [6, 6.07) is 45.8. The molecule has 0 spiro atoms. The monoisotopic (exact) mass is 1510 g/mol. The number of benzene rings is 13. The molecule has 114 heavy (non-hydrogen) atoms. The van der Waals surface area contributed by atoms with Gasteiger partial charge in [-0.15, -0.1) is 0 Å². The normalized spacial score (nSPS) is 16.7. The van der Waals surface area contributed by atoms with Crippen molar-refractivity contribution in [3.63, 3.8) is 0 Å². The molecule has 13 aromatic carbocycles. The van der Waals surface area contributed by atoms with E-state index in [-0.39, 0.29) is 60.5 Å². The molecule has 0 saturated heterocycles. The van der Waals surface area contributed by atoms with E-state index < -0.39 is 160 Å². The number of nitrogens with zero attached hydrogens (tertiary/aromatic N) is 4. The molecule has 2 aromatic heterocycles. The molecular formula is C109H113BN4. The molecule has 0 radical (unpaired) electrons. The van der Waals surface area contributed by atoms with Crippen LogP contribution in [0.5, 0.6) is 0 Å². The molecule has 572 valence electrons. The van der Waals surface area contributed by atoms with Crippen molar-refractivity contribution in [3.8, 4) is 55.9 Å². The summed E-state index contributed by atoms with van der Waals surface area (Å²) in [6.45, 7) is 41.1. The van der Waals surface area contributed by atoms with Crippen molar-refractivity contribution < 1.29 is 30.2 Å². The van der Waals surface area contributed by atoms with Crippen LogP contribution in [-0.4, -0.2) is 15.8 Å². The van der Waals surface area contributed by atoms with Gasteiger partial charge in [0.15, 0.2) is 0 Å². The lowest BCUT2D eigenvalue weighted by molar-refractivity contribution is 0.411.